The molecule has 6 heterocycles. The Morgan fingerprint density at radius 2 is 1.90 bits per heavy atom. The molecule has 7 aromatic rings. The highest BCUT2D eigenvalue weighted by atomic mass is 32.1. The number of fused-ring (bicyclic) bond motifs is 2. The summed E-state index contributed by atoms with van der Waals surface area (Å²) < 4.78 is 14.5. The first-order valence-corrected chi connectivity index (χ1v) is 16.2. The van der Waals surface area contributed by atoms with Crippen LogP contribution in [0.25, 0.3) is 44.0 Å². The van der Waals surface area contributed by atoms with Crippen LogP contribution < -0.4 is 5.56 Å². The van der Waals surface area contributed by atoms with Crippen molar-refractivity contribution in [3.05, 3.63) is 112 Å². The Labute approximate surface area is 277 Å². The number of amides is 1. The molecule has 8 rings (SSSR count). The molecular formula is C35H29N7O5S. The third-order valence-electron chi connectivity index (χ3n) is 8.89. The Morgan fingerprint density at radius 1 is 1.08 bits per heavy atom. The lowest BCUT2D eigenvalue weighted by atomic mass is 10.1. The smallest absolute Gasteiger partial charge is 0.328 e. The molecule has 13 heteroatoms. The van der Waals surface area contributed by atoms with Gasteiger partial charge in [-0.2, -0.15) is 0 Å². The topological polar surface area (TPSA) is 141 Å². The number of rotatable bonds is 7. The van der Waals surface area contributed by atoms with Crippen LogP contribution in [0.1, 0.15) is 33.4 Å². The summed E-state index contributed by atoms with van der Waals surface area (Å²) in [5.41, 5.74) is 4.12. The standard InChI is InChI=1S/C35H29N7O5S/c1-20-29-32(43)36-31(28-13-8-14-47-28)37-33(29)48-30(20)34(44)41-19-24(16-27(41)35(45)46-2)42-18-23(38-39-42)17-40-25-12-7-6-11-22(25)15-26(40)21-9-4-3-5-10-21/h3-15,18,24,27H,16-17,19H2,1-2H3,(H,36,37,43)/t24-,27-/m0/s1. The van der Waals surface area contributed by atoms with E-state index in [1.165, 1.54) is 18.3 Å². The van der Waals surface area contributed by atoms with Crippen LogP contribution in [0.5, 0.6) is 0 Å². The van der Waals surface area contributed by atoms with Gasteiger partial charge in [-0.05, 0) is 42.3 Å². The van der Waals surface area contributed by atoms with E-state index >= 15 is 0 Å². The molecule has 2 aromatic carbocycles. The number of hydrogen-bond acceptors (Lipinski definition) is 9. The number of carbonyl (C=O) groups excluding carboxylic acids is 2. The predicted molar refractivity (Wildman–Crippen MR) is 180 cm³/mol. The second-order valence-electron chi connectivity index (χ2n) is 11.7. The zero-order valence-electron chi connectivity index (χ0n) is 26.0. The average Bonchev–Trinajstić information content (AvgIpc) is 3.95. The fourth-order valence-corrected chi connectivity index (χ4v) is 7.69. The third-order valence-corrected chi connectivity index (χ3v) is 10.1. The van der Waals surface area contributed by atoms with Crippen molar-refractivity contribution in [3.8, 4) is 22.8 Å². The van der Waals surface area contributed by atoms with Crippen LogP contribution >= 0.6 is 11.3 Å². The molecule has 1 aliphatic rings. The second kappa shape index (κ2) is 11.8. The van der Waals surface area contributed by atoms with E-state index in [1.807, 2.05) is 36.5 Å². The highest BCUT2D eigenvalue weighted by Crippen LogP contribution is 2.35. The van der Waals surface area contributed by atoms with Crippen molar-refractivity contribution < 1.29 is 18.7 Å². The number of ether oxygens (including phenoxy) is 1. The zero-order chi connectivity index (χ0) is 32.9. The molecule has 0 unspecified atom stereocenters. The number of aromatic nitrogens is 6. The summed E-state index contributed by atoms with van der Waals surface area (Å²) in [7, 11) is 1.31. The van der Waals surface area contributed by atoms with Crippen LogP contribution in [0.2, 0.25) is 0 Å². The minimum atomic E-state index is -0.840. The van der Waals surface area contributed by atoms with Gasteiger partial charge in [0.2, 0.25) is 0 Å². The van der Waals surface area contributed by atoms with Crippen molar-refractivity contribution >= 4 is 44.3 Å². The van der Waals surface area contributed by atoms with E-state index in [0.717, 1.165) is 39.2 Å². The van der Waals surface area contributed by atoms with Gasteiger partial charge in [0.05, 0.1) is 42.4 Å². The number of likely N-dealkylation sites (tertiary alicyclic amines) is 1. The molecule has 1 saturated heterocycles. The number of methoxy groups -OCH3 is 1. The molecule has 2 atom stereocenters. The summed E-state index contributed by atoms with van der Waals surface area (Å²) in [5, 5.41) is 10.4. The van der Waals surface area contributed by atoms with Crippen molar-refractivity contribution in [1.29, 1.82) is 0 Å². The first-order valence-electron chi connectivity index (χ1n) is 15.4. The summed E-state index contributed by atoms with van der Waals surface area (Å²) in [5.74, 6) is -0.210. The van der Waals surface area contributed by atoms with Crippen molar-refractivity contribution in [3.63, 3.8) is 0 Å². The Bertz CT molecular complexity index is 2370. The number of carbonyl (C=O) groups is 2. The van der Waals surface area contributed by atoms with Crippen LogP contribution in [0.3, 0.4) is 0 Å². The van der Waals surface area contributed by atoms with Gasteiger partial charge in [-0.15, -0.1) is 16.4 Å². The lowest BCUT2D eigenvalue weighted by Gasteiger charge is -2.22. The quantitative estimate of drug-likeness (QED) is 0.223. The third kappa shape index (κ3) is 4.99. The van der Waals surface area contributed by atoms with Crippen LogP contribution in [0.4, 0.5) is 0 Å². The van der Waals surface area contributed by atoms with E-state index in [2.05, 4.69) is 55.2 Å². The van der Waals surface area contributed by atoms with Gasteiger partial charge in [-0.1, -0.05) is 53.7 Å². The molecule has 0 radical (unpaired) electrons. The van der Waals surface area contributed by atoms with Gasteiger partial charge >= 0.3 is 5.97 Å². The maximum atomic E-state index is 14.1. The highest BCUT2D eigenvalue weighted by Gasteiger charge is 2.43. The highest BCUT2D eigenvalue weighted by molar-refractivity contribution is 7.20. The number of thiophene rings is 1. The molecule has 0 saturated carbocycles. The Morgan fingerprint density at radius 3 is 2.69 bits per heavy atom. The minimum Gasteiger partial charge on any atom is -0.467 e. The number of aryl methyl sites for hydroxylation is 1. The molecular weight excluding hydrogens is 630 g/mol. The van der Waals surface area contributed by atoms with E-state index in [-0.39, 0.29) is 29.9 Å². The lowest BCUT2D eigenvalue weighted by Crippen LogP contribution is -2.41. The number of nitrogens with one attached hydrogen (secondary N) is 1. The molecule has 0 spiro atoms. The van der Waals surface area contributed by atoms with E-state index < -0.39 is 12.0 Å². The van der Waals surface area contributed by atoms with E-state index in [4.69, 9.17) is 9.15 Å². The summed E-state index contributed by atoms with van der Waals surface area (Å²) in [6.07, 6.45) is 3.67. The number of esters is 1. The minimum absolute atomic E-state index is 0.207. The second-order valence-corrected chi connectivity index (χ2v) is 12.7. The first-order chi connectivity index (χ1) is 23.4. The van der Waals surface area contributed by atoms with Gasteiger partial charge in [0.25, 0.3) is 11.5 Å². The number of nitrogens with zero attached hydrogens (tertiary/aromatic N) is 6. The molecule has 5 aromatic heterocycles. The number of furan rings is 1. The average molecular weight is 660 g/mol. The fourth-order valence-electron chi connectivity index (χ4n) is 6.55. The molecule has 0 bridgehead atoms. The summed E-state index contributed by atoms with van der Waals surface area (Å²) >= 11 is 1.12. The predicted octanol–water partition coefficient (Wildman–Crippen LogP) is 5.44. The van der Waals surface area contributed by atoms with Crippen molar-refractivity contribution in [2.24, 2.45) is 0 Å². The molecule has 12 nitrogen and oxygen atoms in total. The van der Waals surface area contributed by atoms with Gasteiger partial charge in [0.15, 0.2) is 11.6 Å². The van der Waals surface area contributed by atoms with Gasteiger partial charge in [-0.3, -0.25) is 9.59 Å². The zero-order valence-corrected chi connectivity index (χ0v) is 26.8. The van der Waals surface area contributed by atoms with Crippen LogP contribution in [-0.4, -0.2) is 66.0 Å². The number of benzene rings is 2. The molecule has 0 aliphatic carbocycles. The van der Waals surface area contributed by atoms with Gasteiger partial charge < -0.3 is 23.6 Å². The number of H-pyrrole nitrogens is 1. The van der Waals surface area contributed by atoms with E-state index in [1.54, 1.807) is 23.7 Å². The molecule has 1 N–H and O–H groups in total. The first kappa shape index (κ1) is 29.6. The molecule has 1 fully saturated rings. The largest absolute Gasteiger partial charge is 0.467 e. The molecule has 48 heavy (non-hydrogen) atoms. The maximum Gasteiger partial charge on any atom is 0.328 e. The van der Waals surface area contributed by atoms with E-state index in [0.29, 0.717) is 39.4 Å². The number of hydrogen-bond donors (Lipinski definition) is 1. The van der Waals surface area contributed by atoms with Crippen molar-refractivity contribution in [2.75, 3.05) is 13.7 Å². The molecule has 1 amide bonds. The molecule has 1 aliphatic heterocycles. The Hall–Kier alpha value is -5.82. The van der Waals surface area contributed by atoms with Gasteiger partial charge in [0, 0.05) is 29.6 Å². The number of para-hydroxylation sites is 1. The van der Waals surface area contributed by atoms with Gasteiger partial charge in [-0.25, -0.2) is 14.5 Å². The fraction of sp³-hybridized carbons (Fsp3) is 0.200. The summed E-state index contributed by atoms with van der Waals surface area (Å²) in [4.78, 5) is 49.7. The summed E-state index contributed by atoms with van der Waals surface area (Å²) in [6, 6.07) is 22.8. The van der Waals surface area contributed by atoms with Crippen LogP contribution in [0, 0.1) is 6.92 Å². The van der Waals surface area contributed by atoms with E-state index in [9.17, 15) is 14.4 Å². The Kier molecular flexibility index (Phi) is 7.25. The van der Waals surface area contributed by atoms with Crippen molar-refractivity contribution in [2.45, 2.75) is 32.0 Å². The van der Waals surface area contributed by atoms with Gasteiger partial charge in [0.1, 0.15) is 16.6 Å². The lowest BCUT2D eigenvalue weighted by molar-refractivity contribution is -0.145. The monoisotopic (exact) mass is 659 g/mol. The normalized spacial score (nSPS) is 16.2. The SMILES string of the molecule is COC(=O)[C@@H]1C[C@H](n2cc(Cn3c(-c4ccccc4)cc4ccccc43)nn2)CN1C(=O)c1sc2nc(-c3ccco3)[nH]c(=O)c2c1C. The maximum absolute atomic E-state index is 14.1. The van der Waals surface area contributed by atoms with Crippen LogP contribution in [0.15, 0.2) is 94.5 Å². The summed E-state index contributed by atoms with van der Waals surface area (Å²) in [6.45, 7) is 2.41. The van der Waals surface area contributed by atoms with Crippen LogP contribution in [-0.2, 0) is 16.1 Å². The Balaban J connectivity index is 1.09. The number of aromatic amines is 1. The molecule has 240 valence electrons. The van der Waals surface area contributed by atoms with Crippen molar-refractivity contribution in [1.82, 2.24) is 34.4 Å².